The lowest BCUT2D eigenvalue weighted by Gasteiger charge is -2.38. The van der Waals surface area contributed by atoms with E-state index in [9.17, 15) is 5.11 Å². The molecule has 0 aliphatic carbocycles. The maximum Gasteiger partial charge on any atom is 0.0976 e. The molecule has 14 heavy (non-hydrogen) atoms. The minimum absolute atomic E-state index is 0.175. The second kappa shape index (κ2) is 4.60. The van der Waals surface area contributed by atoms with Gasteiger partial charge < -0.3 is 15.2 Å². The molecule has 3 heteroatoms. The standard InChI is InChI=1S/C11H23NO2/c1-8-5-6-12-9(7-8)10(13)11(2,3)14-4/h8-10,12-13H,5-7H2,1-4H3. The molecule has 0 saturated carbocycles. The highest BCUT2D eigenvalue weighted by Gasteiger charge is 2.35. The van der Waals surface area contributed by atoms with Crippen LogP contribution in [0.5, 0.6) is 0 Å². The lowest BCUT2D eigenvalue weighted by Crippen LogP contribution is -2.54. The van der Waals surface area contributed by atoms with Gasteiger partial charge in [0.25, 0.3) is 0 Å². The first-order valence-corrected chi connectivity index (χ1v) is 5.44. The molecule has 0 bridgehead atoms. The number of nitrogens with one attached hydrogen (secondary N) is 1. The molecular formula is C11H23NO2. The van der Waals surface area contributed by atoms with Crippen LogP contribution in [0, 0.1) is 5.92 Å². The maximum absolute atomic E-state index is 10.1. The summed E-state index contributed by atoms with van der Waals surface area (Å²) in [6, 6.07) is 0.175. The average Bonchev–Trinajstić information content (AvgIpc) is 2.16. The van der Waals surface area contributed by atoms with Crippen LogP contribution >= 0.6 is 0 Å². The van der Waals surface area contributed by atoms with Crippen LogP contribution in [0.4, 0.5) is 0 Å². The molecule has 0 aromatic carbocycles. The molecule has 3 unspecified atom stereocenters. The number of rotatable bonds is 3. The van der Waals surface area contributed by atoms with Crippen molar-refractivity contribution in [2.24, 2.45) is 5.92 Å². The molecule has 2 N–H and O–H groups in total. The van der Waals surface area contributed by atoms with E-state index in [4.69, 9.17) is 4.74 Å². The summed E-state index contributed by atoms with van der Waals surface area (Å²) in [5.41, 5.74) is -0.464. The van der Waals surface area contributed by atoms with E-state index >= 15 is 0 Å². The highest BCUT2D eigenvalue weighted by molar-refractivity contribution is 4.91. The lowest BCUT2D eigenvalue weighted by molar-refractivity contribution is -0.0963. The Morgan fingerprint density at radius 3 is 2.64 bits per heavy atom. The van der Waals surface area contributed by atoms with Gasteiger partial charge in [-0.2, -0.15) is 0 Å². The summed E-state index contributed by atoms with van der Waals surface area (Å²) < 4.78 is 5.30. The fourth-order valence-electron chi connectivity index (χ4n) is 2.00. The Morgan fingerprint density at radius 1 is 1.50 bits per heavy atom. The number of piperidine rings is 1. The Morgan fingerprint density at radius 2 is 2.14 bits per heavy atom. The maximum atomic E-state index is 10.1. The van der Waals surface area contributed by atoms with Crippen molar-refractivity contribution in [1.82, 2.24) is 5.32 Å². The van der Waals surface area contributed by atoms with Crippen LogP contribution in [0.3, 0.4) is 0 Å². The Kier molecular flexibility index (Phi) is 3.93. The van der Waals surface area contributed by atoms with E-state index in [0.29, 0.717) is 5.92 Å². The van der Waals surface area contributed by atoms with Crippen LogP contribution in [0.25, 0.3) is 0 Å². The van der Waals surface area contributed by atoms with E-state index in [1.165, 1.54) is 6.42 Å². The van der Waals surface area contributed by atoms with Crippen molar-refractivity contribution in [3.63, 3.8) is 0 Å². The molecule has 1 fully saturated rings. The van der Waals surface area contributed by atoms with E-state index in [-0.39, 0.29) is 6.04 Å². The van der Waals surface area contributed by atoms with Crippen molar-refractivity contribution >= 4 is 0 Å². The van der Waals surface area contributed by atoms with Gasteiger partial charge in [0.2, 0.25) is 0 Å². The minimum Gasteiger partial charge on any atom is -0.389 e. The molecule has 3 nitrogen and oxygen atoms in total. The van der Waals surface area contributed by atoms with E-state index in [1.54, 1.807) is 7.11 Å². The Labute approximate surface area is 86.8 Å². The molecule has 0 amide bonds. The van der Waals surface area contributed by atoms with Crippen molar-refractivity contribution in [3.8, 4) is 0 Å². The predicted molar refractivity (Wildman–Crippen MR) is 57.3 cm³/mol. The Balaban J connectivity index is 2.55. The highest BCUT2D eigenvalue weighted by atomic mass is 16.5. The minimum atomic E-state index is -0.464. The van der Waals surface area contributed by atoms with E-state index < -0.39 is 11.7 Å². The summed E-state index contributed by atoms with van der Waals surface area (Å²) in [7, 11) is 1.65. The Hall–Kier alpha value is -0.120. The second-order valence-electron chi connectivity index (χ2n) is 4.94. The quantitative estimate of drug-likeness (QED) is 0.720. The van der Waals surface area contributed by atoms with E-state index in [2.05, 4.69) is 12.2 Å². The Bertz CT molecular complexity index is 182. The van der Waals surface area contributed by atoms with E-state index in [1.807, 2.05) is 13.8 Å². The third-order valence-corrected chi connectivity index (χ3v) is 3.32. The fraction of sp³-hybridized carbons (Fsp3) is 1.00. The summed E-state index contributed by atoms with van der Waals surface area (Å²) in [6.45, 7) is 7.10. The van der Waals surface area contributed by atoms with Crippen molar-refractivity contribution in [2.45, 2.75) is 51.4 Å². The van der Waals surface area contributed by atoms with Crippen molar-refractivity contribution < 1.29 is 9.84 Å². The monoisotopic (exact) mass is 201 g/mol. The van der Waals surface area contributed by atoms with Crippen LogP contribution in [-0.2, 0) is 4.74 Å². The number of hydrogen-bond donors (Lipinski definition) is 2. The first-order chi connectivity index (χ1) is 6.47. The van der Waals surface area contributed by atoms with Crippen molar-refractivity contribution in [3.05, 3.63) is 0 Å². The smallest absolute Gasteiger partial charge is 0.0976 e. The first-order valence-electron chi connectivity index (χ1n) is 5.44. The summed E-state index contributed by atoms with van der Waals surface area (Å²) >= 11 is 0. The van der Waals surface area contributed by atoms with Crippen LogP contribution in [0.2, 0.25) is 0 Å². The molecule has 3 atom stereocenters. The lowest BCUT2D eigenvalue weighted by atomic mass is 9.85. The SMILES string of the molecule is COC(C)(C)C(O)C1CC(C)CCN1. The molecule has 1 saturated heterocycles. The molecule has 1 heterocycles. The highest BCUT2D eigenvalue weighted by Crippen LogP contribution is 2.24. The third kappa shape index (κ3) is 2.69. The number of aliphatic hydroxyl groups excluding tert-OH is 1. The number of ether oxygens (including phenoxy) is 1. The number of methoxy groups -OCH3 is 1. The normalized spacial score (nSPS) is 31.5. The van der Waals surface area contributed by atoms with Gasteiger partial charge in [0, 0.05) is 13.2 Å². The summed E-state index contributed by atoms with van der Waals surface area (Å²) in [4.78, 5) is 0. The summed E-state index contributed by atoms with van der Waals surface area (Å²) in [5.74, 6) is 0.698. The zero-order valence-corrected chi connectivity index (χ0v) is 9.71. The molecular weight excluding hydrogens is 178 g/mol. The third-order valence-electron chi connectivity index (χ3n) is 3.32. The van der Waals surface area contributed by atoms with Gasteiger partial charge >= 0.3 is 0 Å². The topological polar surface area (TPSA) is 41.5 Å². The van der Waals surface area contributed by atoms with Crippen LogP contribution < -0.4 is 5.32 Å². The summed E-state index contributed by atoms with van der Waals surface area (Å²) in [5, 5.41) is 13.5. The van der Waals surface area contributed by atoms with Crippen LogP contribution in [0.15, 0.2) is 0 Å². The van der Waals surface area contributed by atoms with Gasteiger partial charge in [-0.15, -0.1) is 0 Å². The van der Waals surface area contributed by atoms with Gasteiger partial charge in [-0.1, -0.05) is 6.92 Å². The van der Waals surface area contributed by atoms with Crippen molar-refractivity contribution in [2.75, 3.05) is 13.7 Å². The molecule has 1 aliphatic rings. The van der Waals surface area contributed by atoms with E-state index in [0.717, 1.165) is 13.0 Å². The second-order valence-corrected chi connectivity index (χ2v) is 4.94. The predicted octanol–water partition coefficient (Wildman–Crippen LogP) is 1.16. The van der Waals surface area contributed by atoms with Gasteiger partial charge in [0.1, 0.15) is 0 Å². The van der Waals surface area contributed by atoms with Gasteiger partial charge in [-0.3, -0.25) is 0 Å². The zero-order valence-electron chi connectivity index (χ0n) is 9.71. The molecule has 0 aromatic heterocycles. The van der Waals surface area contributed by atoms with Crippen LogP contribution in [0.1, 0.15) is 33.6 Å². The molecule has 84 valence electrons. The molecule has 0 aromatic rings. The zero-order chi connectivity index (χ0) is 10.8. The molecule has 1 aliphatic heterocycles. The number of aliphatic hydroxyl groups is 1. The van der Waals surface area contributed by atoms with Crippen LogP contribution in [-0.4, -0.2) is 36.5 Å². The van der Waals surface area contributed by atoms with Gasteiger partial charge in [0.05, 0.1) is 11.7 Å². The largest absolute Gasteiger partial charge is 0.389 e. The average molecular weight is 201 g/mol. The van der Waals surface area contributed by atoms with Gasteiger partial charge in [0.15, 0.2) is 0 Å². The molecule has 0 radical (unpaired) electrons. The summed E-state index contributed by atoms with van der Waals surface area (Å²) in [6.07, 6.45) is 1.81. The number of hydrogen-bond acceptors (Lipinski definition) is 3. The van der Waals surface area contributed by atoms with Gasteiger partial charge in [-0.25, -0.2) is 0 Å². The molecule has 1 rings (SSSR count). The fourth-order valence-corrected chi connectivity index (χ4v) is 2.00. The van der Waals surface area contributed by atoms with Gasteiger partial charge in [-0.05, 0) is 39.2 Å². The van der Waals surface area contributed by atoms with Crippen molar-refractivity contribution in [1.29, 1.82) is 0 Å². The molecule has 0 spiro atoms. The first kappa shape index (κ1) is 12.0.